The van der Waals surface area contributed by atoms with E-state index in [4.69, 9.17) is 16.7 Å². The molecule has 1 N–H and O–H groups in total. The van der Waals surface area contributed by atoms with Gasteiger partial charge in [-0.05, 0) is 37.1 Å². The van der Waals surface area contributed by atoms with Crippen LogP contribution in [0.4, 0.5) is 0 Å². The third kappa shape index (κ3) is 3.20. The molecule has 0 bridgehead atoms. The zero-order valence-electron chi connectivity index (χ0n) is 11.2. The van der Waals surface area contributed by atoms with Gasteiger partial charge in [-0.1, -0.05) is 11.6 Å². The molecule has 1 aromatic heterocycles. The molecule has 0 atom stereocenters. The van der Waals surface area contributed by atoms with Gasteiger partial charge in [0.2, 0.25) is 0 Å². The fourth-order valence-electron chi connectivity index (χ4n) is 2.37. The second kappa shape index (κ2) is 5.95. The van der Waals surface area contributed by atoms with Crippen molar-refractivity contribution in [3.8, 4) is 5.69 Å². The van der Waals surface area contributed by atoms with Gasteiger partial charge in [0.1, 0.15) is 0 Å². The number of rotatable bonds is 6. The van der Waals surface area contributed by atoms with Gasteiger partial charge in [0, 0.05) is 35.9 Å². The van der Waals surface area contributed by atoms with E-state index in [2.05, 4.69) is 10.00 Å². The molecule has 2 aromatic rings. The van der Waals surface area contributed by atoms with Crippen LogP contribution in [0.25, 0.3) is 5.69 Å². The summed E-state index contributed by atoms with van der Waals surface area (Å²) in [5.41, 5.74) is 2.17. The minimum Gasteiger partial charge on any atom is -0.395 e. The summed E-state index contributed by atoms with van der Waals surface area (Å²) in [6.07, 6.45) is 6.41. The fourth-order valence-corrected chi connectivity index (χ4v) is 2.50. The van der Waals surface area contributed by atoms with Crippen molar-refractivity contribution < 1.29 is 5.11 Å². The summed E-state index contributed by atoms with van der Waals surface area (Å²) in [5, 5.41) is 14.2. The molecule has 1 saturated carbocycles. The van der Waals surface area contributed by atoms with Crippen LogP contribution in [0, 0.1) is 0 Å². The van der Waals surface area contributed by atoms with Gasteiger partial charge in [-0.2, -0.15) is 5.10 Å². The molecule has 3 rings (SSSR count). The molecule has 0 spiro atoms. The van der Waals surface area contributed by atoms with Gasteiger partial charge in [-0.25, -0.2) is 4.68 Å². The normalized spacial score (nSPS) is 14.9. The SMILES string of the molecule is OCCN(Cc1cnn(-c2ccc(Cl)cc2)c1)C1CC1. The Morgan fingerprint density at radius 2 is 2.05 bits per heavy atom. The van der Waals surface area contributed by atoms with Crippen LogP contribution in [0.1, 0.15) is 18.4 Å². The molecule has 0 saturated heterocycles. The molecular weight excluding hydrogens is 274 g/mol. The summed E-state index contributed by atoms with van der Waals surface area (Å²) < 4.78 is 1.86. The first-order chi connectivity index (χ1) is 9.76. The van der Waals surface area contributed by atoms with Crippen LogP contribution in [0.15, 0.2) is 36.7 Å². The summed E-state index contributed by atoms with van der Waals surface area (Å²) in [5.74, 6) is 0. The smallest absolute Gasteiger partial charge is 0.0646 e. The molecule has 0 unspecified atom stereocenters. The van der Waals surface area contributed by atoms with E-state index >= 15 is 0 Å². The molecule has 1 aliphatic carbocycles. The zero-order chi connectivity index (χ0) is 13.9. The number of aliphatic hydroxyl groups excluding tert-OH is 1. The molecule has 4 nitrogen and oxygen atoms in total. The number of hydrogen-bond acceptors (Lipinski definition) is 3. The van der Waals surface area contributed by atoms with Crippen molar-refractivity contribution in [3.63, 3.8) is 0 Å². The Hall–Kier alpha value is -1.36. The van der Waals surface area contributed by atoms with Crippen molar-refractivity contribution in [1.82, 2.24) is 14.7 Å². The zero-order valence-corrected chi connectivity index (χ0v) is 12.0. The quantitative estimate of drug-likeness (QED) is 0.889. The molecule has 0 aliphatic heterocycles. The van der Waals surface area contributed by atoms with Gasteiger partial charge >= 0.3 is 0 Å². The standard InChI is InChI=1S/C15H18ClN3O/c16-13-1-3-15(4-2-13)19-11-12(9-17-19)10-18(7-8-20)14-5-6-14/h1-4,9,11,14,20H,5-8,10H2. The molecule has 106 valence electrons. The minimum atomic E-state index is 0.210. The maximum atomic E-state index is 9.13. The van der Waals surface area contributed by atoms with Crippen LogP contribution in [0.5, 0.6) is 0 Å². The van der Waals surface area contributed by atoms with Gasteiger partial charge in [0.15, 0.2) is 0 Å². The van der Waals surface area contributed by atoms with Crippen molar-refractivity contribution >= 4 is 11.6 Å². The molecule has 5 heteroatoms. The summed E-state index contributed by atoms with van der Waals surface area (Å²) in [6, 6.07) is 8.26. The number of aliphatic hydroxyl groups is 1. The predicted molar refractivity (Wildman–Crippen MR) is 79.1 cm³/mol. The van der Waals surface area contributed by atoms with Crippen LogP contribution >= 0.6 is 11.6 Å². The first-order valence-electron chi connectivity index (χ1n) is 6.90. The predicted octanol–water partition coefficient (Wildman–Crippen LogP) is 2.48. The fraction of sp³-hybridized carbons (Fsp3) is 0.400. The van der Waals surface area contributed by atoms with Crippen LogP contribution in [-0.2, 0) is 6.54 Å². The lowest BCUT2D eigenvalue weighted by Gasteiger charge is -2.19. The molecule has 1 heterocycles. The van der Waals surface area contributed by atoms with Gasteiger partial charge < -0.3 is 5.11 Å². The number of hydrogen-bond donors (Lipinski definition) is 1. The van der Waals surface area contributed by atoms with Gasteiger partial charge in [-0.3, -0.25) is 4.90 Å². The second-order valence-corrected chi connectivity index (χ2v) is 5.63. The Bertz CT molecular complexity index is 563. The highest BCUT2D eigenvalue weighted by atomic mass is 35.5. The lowest BCUT2D eigenvalue weighted by molar-refractivity contribution is 0.183. The van der Waals surface area contributed by atoms with E-state index in [1.807, 2.05) is 41.3 Å². The number of nitrogens with zero attached hydrogens (tertiary/aromatic N) is 3. The Morgan fingerprint density at radius 1 is 1.30 bits per heavy atom. The third-order valence-corrected chi connectivity index (χ3v) is 3.82. The van der Waals surface area contributed by atoms with Crippen molar-refractivity contribution in [2.24, 2.45) is 0 Å². The van der Waals surface area contributed by atoms with Crippen molar-refractivity contribution in [3.05, 3.63) is 47.2 Å². The van der Waals surface area contributed by atoms with Crippen LogP contribution in [0.3, 0.4) is 0 Å². The van der Waals surface area contributed by atoms with E-state index in [1.54, 1.807) is 0 Å². The van der Waals surface area contributed by atoms with Gasteiger partial charge in [0.25, 0.3) is 0 Å². The maximum absolute atomic E-state index is 9.13. The molecule has 20 heavy (non-hydrogen) atoms. The van der Waals surface area contributed by atoms with Gasteiger partial charge in [0.05, 0.1) is 18.5 Å². The van der Waals surface area contributed by atoms with Crippen molar-refractivity contribution in [1.29, 1.82) is 0 Å². The maximum Gasteiger partial charge on any atom is 0.0646 e. The molecule has 1 fully saturated rings. The lowest BCUT2D eigenvalue weighted by atomic mass is 10.3. The number of halogens is 1. The molecule has 0 radical (unpaired) electrons. The summed E-state index contributed by atoms with van der Waals surface area (Å²) in [6.45, 7) is 1.79. The summed E-state index contributed by atoms with van der Waals surface area (Å²) >= 11 is 5.89. The van der Waals surface area contributed by atoms with E-state index in [0.29, 0.717) is 6.04 Å². The summed E-state index contributed by atoms with van der Waals surface area (Å²) in [4.78, 5) is 2.32. The Labute approximate surface area is 123 Å². The second-order valence-electron chi connectivity index (χ2n) is 5.19. The monoisotopic (exact) mass is 291 g/mol. The van der Waals surface area contributed by atoms with E-state index < -0.39 is 0 Å². The topological polar surface area (TPSA) is 41.3 Å². The van der Waals surface area contributed by atoms with Crippen LogP contribution < -0.4 is 0 Å². The van der Waals surface area contributed by atoms with E-state index in [1.165, 1.54) is 18.4 Å². The summed E-state index contributed by atoms with van der Waals surface area (Å²) in [7, 11) is 0. The van der Waals surface area contributed by atoms with Crippen LogP contribution in [0.2, 0.25) is 5.02 Å². The number of benzene rings is 1. The van der Waals surface area contributed by atoms with Crippen molar-refractivity contribution in [2.45, 2.75) is 25.4 Å². The highest BCUT2D eigenvalue weighted by Gasteiger charge is 2.28. The molecule has 1 aliphatic rings. The molecule has 0 amide bonds. The Balaban J connectivity index is 1.71. The highest BCUT2D eigenvalue weighted by Crippen LogP contribution is 2.28. The highest BCUT2D eigenvalue weighted by molar-refractivity contribution is 6.30. The first-order valence-corrected chi connectivity index (χ1v) is 7.28. The first kappa shape index (κ1) is 13.6. The van der Waals surface area contributed by atoms with Crippen LogP contribution in [-0.4, -0.2) is 39.0 Å². The third-order valence-electron chi connectivity index (χ3n) is 3.56. The van der Waals surface area contributed by atoms with Crippen molar-refractivity contribution in [2.75, 3.05) is 13.2 Å². The molecule has 1 aromatic carbocycles. The van der Waals surface area contributed by atoms with E-state index in [-0.39, 0.29) is 6.61 Å². The molecular formula is C15H18ClN3O. The van der Waals surface area contributed by atoms with E-state index in [0.717, 1.165) is 23.8 Å². The average Bonchev–Trinajstić information content (AvgIpc) is 3.20. The average molecular weight is 292 g/mol. The Morgan fingerprint density at radius 3 is 2.70 bits per heavy atom. The van der Waals surface area contributed by atoms with E-state index in [9.17, 15) is 0 Å². The Kier molecular flexibility index (Phi) is 4.05. The van der Waals surface area contributed by atoms with Gasteiger partial charge in [-0.15, -0.1) is 0 Å². The lowest BCUT2D eigenvalue weighted by Crippen LogP contribution is -2.28. The minimum absolute atomic E-state index is 0.210. The largest absolute Gasteiger partial charge is 0.395 e. The number of aromatic nitrogens is 2.